The second kappa shape index (κ2) is 6.18. The van der Waals surface area contributed by atoms with Gasteiger partial charge >= 0.3 is 5.82 Å². The summed E-state index contributed by atoms with van der Waals surface area (Å²) in [5, 5.41) is 16.5. The number of anilines is 1. The number of benzene rings is 1. The van der Waals surface area contributed by atoms with Crippen LogP contribution >= 0.6 is 15.9 Å². The van der Waals surface area contributed by atoms with Crippen LogP contribution in [0.5, 0.6) is 0 Å². The molecule has 0 bridgehead atoms. The molecule has 0 aliphatic heterocycles. The van der Waals surface area contributed by atoms with Crippen LogP contribution in [0.2, 0.25) is 0 Å². The van der Waals surface area contributed by atoms with Crippen LogP contribution in [0.25, 0.3) is 0 Å². The van der Waals surface area contributed by atoms with Crippen LogP contribution in [0.1, 0.15) is 5.69 Å². The summed E-state index contributed by atoms with van der Waals surface area (Å²) < 4.78 is 27.7. The monoisotopic (exact) mass is 374 g/mol. The van der Waals surface area contributed by atoms with Gasteiger partial charge in [-0.1, -0.05) is 0 Å². The minimum Gasteiger partial charge on any atom is -0.358 e. The molecule has 0 spiro atoms. The van der Waals surface area contributed by atoms with Gasteiger partial charge in [-0.05, 0) is 33.8 Å². The Labute approximate surface area is 131 Å². The maximum absolute atomic E-state index is 13.6. The summed E-state index contributed by atoms with van der Waals surface area (Å²) in [5.41, 5.74) is 0.186. The third-order valence-electron chi connectivity index (χ3n) is 2.72. The average molecular weight is 375 g/mol. The molecule has 1 aromatic heterocycles. The van der Waals surface area contributed by atoms with Gasteiger partial charge in [0, 0.05) is 10.5 Å². The first-order valence-electron chi connectivity index (χ1n) is 5.91. The summed E-state index contributed by atoms with van der Waals surface area (Å²) in [7, 11) is 0. The lowest BCUT2D eigenvalue weighted by Crippen LogP contribution is -2.21. The van der Waals surface area contributed by atoms with Crippen LogP contribution in [-0.2, 0) is 11.3 Å². The highest BCUT2D eigenvalue weighted by atomic mass is 79.9. The van der Waals surface area contributed by atoms with Crippen molar-refractivity contribution in [2.45, 2.75) is 13.5 Å². The van der Waals surface area contributed by atoms with Gasteiger partial charge < -0.3 is 15.4 Å². The smallest absolute Gasteiger partial charge is 0.358 e. The molecule has 116 valence electrons. The number of nitrogens with one attached hydrogen (secondary N) is 1. The van der Waals surface area contributed by atoms with Crippen molar-refractivity contribution in [3.05, 3.63) is 50.1 Å². The normalized spacial score (nSPS) is 10.5. The minimum absolute atomic E-state index is 0.0431. The Hall–Kier alpha value is -2.36. The maximum Gasteiger partial charge on any atom is 0.390 e. The fraction of sp³-hybridized carbons (Fsp3) is 0.167. The van der Waals surface area contributed by atoms with E-state index in [1.165, 1.54) is 6.07 Å². The lowest BCUT2D eigenvalue weighted by molar-refractivity contribution is -0.389. The first kappa shape index (κ1) is 16.0. The predicted molar refractivity (Wildman–Crippen MR) is 76.3 cm³/mol. The molecule has 0 saturated carbocycles. The highest BCUT2D eigenvalue weighted by Crippen LogP contribution is 2.26. The molecule has 0 aliphatic rings. The Morgan fingerprint density at radius 1 is 1.45 bits per heavy atom. The number of nitro groups is 1. The minimum atomic E-state index is -0.941. The third kappa shape index (κ3) is 3.45. The van der Waals surface area contributed by atoms with Gasteiger partial charge in [-0.15, -0.1) is 0 Å². The van der Waals surface area contributed by atoms with E-state index >= 15 is 0 Å². The summed E-state index contributed by atoms with van der Waals surface area (Å²) in [5.74, 6) is -2.78. The molecule has 22 heavy (non-hydrogen) atoms. The molecule has 0 saturated heterocycles. The molecule has 0 fully saturated rings. The quantitative estimate of drug-likeness (QED) is 0.657. The van der Waals surface area contributed by atoms with Crippen LogP contribution < -0.4 is 5.32 Å². The summed E-state index contributed by atoms with van der Waals surface area (Å²) in [6, 6.07) is 2.84. The highest BCUT2D eigenvalue weighted by Gasteiger charge is 2.19. The summed E-state index contributed by atoms with van der Waals surface area (Å²) in [6.07, 6.45) is 0. The van der Waals surface area contributed by atoms with Gasteiger partial charge in [-0.25, -0.2) is 8.78 Å². The fourth-order valence-corrected chi connectivity index (χ4v) is 2.23. The second-order valence-corrected chi connectivity index (χ2v) is 5.21. The first-order chi connectivity index (χ1) is 10.3. The van der Waals surface area contributed by atoms with Crippen molar-refractivity contribution in [2.24, 2.45) is 0 Å². The van der Waals surface area contributed by atoms with E-state index in [4.69, 9.17) is 0 Å². The Morgan fingerprint density at radius 3 is 2.68 bits per heavy atom. The molecule has 1 heterocycles. The van der Waals surface area contributed by atoms with E-state index in [9.17, 15) is 23.7 Å². The number of aryl methyl sites for hydroxylation is 1. The average Bonchev–Trinajstić information content (AvgIpc) is 2.75. The molecule has 0 radical (unpaired) electrons. The zero-order chi connectivity index (χ0) is 16.4. The molecule has 1 N–H and O–H groups in total. The van der Waals surface area contributed by atoms with Crippen molar-refractivity contribution < 1.29 is 18.5 Å². The zero-order valence-corrected chi connectivity index (χ0v) is 12.7. The number of hydrogen-bond donors (Lipinski definition) is 1. The molecule has 1 amide bonds. The van der Waals surface area contributed by atoms with Crippen LogP contribution in [0.3, 0.4) is 0 Å². The molecule has 2 rings (SSSR count). The molecule has 2 aromatic rings. The molecular formula is C12H9BrF2N4O3. The van der Waals surface area contributed by atoms with E-state index in [-0.39, 0.29) is 22.5 Å². The number of nitrogens with zero attached hydrogens (tertiary/aromatic N) is 3. The van der Waals surface area contributed by atoms with Crippen LogP contribution in [-0.4, -0.2) is 20.6 Å². The van der Waals surface area contributed by atoms with Crippen LogP contribution in [0.15, 0.2) is 22.7 Å². The van der Waals surface area contributed by atoms with E-state index < -0.39 is 22.5 Å². The van der Waals surface area contributed by atoms with Gasteiger partial charge in [-0.2, -0.15) is 4.68 Å². The number of amides is 1. The fourth-order valence-electron chi connectivity index (χ4n) is 1.72. The van der Waals surface area contributed by atoms with E-state index in [0.29, 0.717) is 11.8 Å². The van der Waals surface area contributed by atoms with Gasteiger partial charge in [0.05, 0.1) is 22.5 Å². The predicted octanol–water partition coefficient (Wildman–Crippen LogP) is 2.78. The number of carbonyl (C=O) groups excluding carboxylic acids is 1. The van der Waals surface area contributed by atoms with Crippen molar-refractivity contribution in [3.8, 4) is 0 Å². The molecule has 0 aliphatic carbocycles. The largest absolute Gasteiger partial charge is 0.390 e. The van der Waals surface area contributed by atoms with E-state index in [0.717, 1.165) is 10.7 Å². The van der Waals surface area contributed by atoms with Gasteiger partial charge in [-0.3, -0.25) is 4.79 Å². The molecular weight excluding hydrogens is 366 g/mol. The summed E-state index contributed by atoms with van der Waals surface area (Å²) in [4.78, 5) is 21.8. The van der Waals surface area contributed by atoms with Crippen molar-refractivity contribution in [2.75, 3.05) is 5.32 Å². The van der Waals surface area contributed by atoms with Crippen LogP contribution in [0.4, 0.5) is 20.3 Å². The van der Waals surface area contributed by atoms with Gasteiger partial charge in [0.25, 0.3) is 0 Å². The summed E-state index contributed by atoms with van der Waals surface area (Å²) in [6.45, 7) is 1.20. The van der Waals surface area contributed by atoms with Crippen molar-refractivity contribution in [1.82, 2.24) is 9.78 Å². The van der Waals surface area contributed by atoms with E-state index in [1.807, 2.05) is 0 Å². The Bertz CT molecular complexity index is 740. The van der Waals surface area contributed by atoms with Gasteiger partial charge in [0.2, 0.25) is 5.91 Å². The maximum atomic E-state index is 13.6. The third-order valence-corrected chi connectivity index (χ3v) is 3.35. The number of rotatable bonds is 4. The summed E-state index contributed by atoms with van der Waals surface area (Å²) >= 11 is 2.94. The van der Waals surface area contributed by atoms with E-state index in [1.54, 1.807) is 6.92 Å². The lowest BCUT2D eigenvalue weighted by Gasteiger charge is -2.08. The van der Waals surface area contributed by atoms with E-state index in [2.05, 4.69) is 26.3 Å². The molecule has 0 unspecified atom stereocenters. The van der Waals surface area contributed by atoms with Gasteiger partial charge in [0.15, 0.2) is 5.82 Å². The van der Waals surface area contributed by atoms with Crippen molar-refractivity contribution in [3.63, 3.8) is 0 Å². The number of aromatic nitrogens is 2. The van der Waals surface area contributed by atoms with Crippen molar-refractivity contribution in [1.29, 1.82) is 0 Å². The first-order valence-corrected chi connectivity index (χ1v) is 6.70. The number of hydrogen-bond acceptors (Lipinski definition) is 4. The second-order valence-electron chi connectivity index (χ2n) is 4.35. The van der Waals surface area contributed by atoms with Gasteiger partial charge in [0.1, 0.15) is 12.4 Å². The van der Waals surface area contributed by atoms with Crippen LogP contribution in [0, 0.1) is 28.7 Å². The molecule has 0 atom stereocenters. The topological polar surface area (TPSA) is 90.1 Å². The molecule has 7 nitrogen and oxygen atoms in total. The molecule has 10 heteroatoms. The highest BCUT2D eigenvalue weighted by molar-refractivity contribution is 9.10. The van der Waals surface area contributed by atoms with Crippen molar-refractivity contribution >= 4 is 33.3 Å². The number of carbonyl (C=O) groups is 1. The Balaban J connectivity index is 2.16. The Kier molecular flexibility index (Phi) is 4.50. The molecule has 1 aromatic carbocycles. The lowest BCUT2D eigenvalue weighted by atomic mass is 10.3. The Morgan fingerprint density at radius 2 is 2.14 bits per heavy atom. The number of halogens is 3. The standard InChI is InChI=1S/C12H9BrF2N4O3/c1-6-2-10(19(21)22)17-18(6)5-11(20)16-12-8(13)3-7(14)4-9(12)15/h2-4H,5H2,1H3,(H,16,20). The SMILES string of the molecule is Cc1cc([N+](=O)[O-])nn1CC(=O)Nc1c(F)cc(F)cc1Br. The zero-order valence-electron chi connectivity index (χ0n) is 11.1.